The van der Waals surface area contributed by atoms with Crippen molar-refractivity contribution in [1.82, 2.24) is 5.32 Å². The summed E-state index contributed by atoms with van der Waals surface area (Å²) in [5, 5.41) is 3.17. The Labute approximate surface area is 118 Å². The molecule has 0 saturated carbocycles. The van der Waals surface area contributed by atoms with Crippen LogP contribution in [0.5, 0.6) is 0 Å². The van der Waals surface area contributed by atoms with E-state index in [1.54, 1.807) is 39.0 Å². The van der Waals surface area contributed by atoms with Gasteiger partial charge in [-0.3, -0.25) is 0 Å². The lowest BCUT2D eigenvalue weighted by Crippen LogP contribution is -2.18. The molecule has 1 unspecified atom stereocenters. The van der Waals surface area contributed by atoms with Gasteiger partial charge in [-0.1, -0.05) is 24.3 Å². The third kappa shape index (κ3) is 2.73. The summed E-state index contributed by atoms with van der Waals surface area (Å²) in [6.07, 6.45) is 0. The van der Waals surface area contributed by atoms with Crippen LogP contribution in [0.1, 0.15) is 33.9 Å². The Hall–Kier alpha value is -1.74. The lowest BCUT2D eigenvalue weighted by Gasteiger charge is -2.19. The molecule has 2 rings (SSSR count). The minimum Gasteiger partial charge on any atom is -0.309 e. The first-order chi connectivity index (χ1) is 9.43. The van der Waals surface area contributed by atoms with E-state index < -0.39 is 0 Å². The van der Waals surface area contributed by atoms with Crippen LogP contribution in [0.4, 0.5) is 8.78 Å². The third-order valence-electron chi connectivity index (χ3n) is 3.61. The van der Waals surface area contributed by atoms with E-state index >= 15 is 0 Å². The largest absolute Gasteiger partial charge is 0.309 e. The van der Waals surface area contributed by atoms with Crippen molar-refractivity contribution in [2.24, 2.45) is 0 Å². The smallest absolute Gasteiger partial charge is 0.129 e. The number of aryl methyl sites for hydroxylation is 3. The predicted octanol–water partition coefficient (Wildman–Crippen LogP) is 4.20. The van der Waals surface area contributed by atoms with Crippen LogP contribution in [-0.2, 0) is 0 Å². The van der Waals surface area contributed by atoms with Crippen LogP contribution in [0.25, 0.3) is 0 Å². The summed E-state index contributed by atoms with van der Waals surface area (Å²) in [5.74, 6) is -0.406. The minimum atomic E-state index is -0.224. The third-order valence-corrected chi connectivity index (χ3v) is 3.61. The van der Waals surface area contributed by atoms with Crippen LogP contribution >= 0.6 is 0 Å². The maximum atomic E-state index is 13.7. The standard InChI is InChI=1S/C17H19F2N/c1-10-5-6-13(9-15(10)18)17(20-4)14-7-11(2)16(19)12(3)8-14/h5-9,17,20H,1-4H3. The molecule has 106 valence electrons. The van der Waals surface area contributed by atoms with E-state index in [0.29, 0.717) is 16.7 Å². The minimum absolute atomic E-state index is 0.150. The molecule has 0 aromatic heterocycles. The molecule has 2 aromatic rings. The number of rotatable bonds is 3. The fraction of sp³-hybridized carbons (Fsp3) is 0.294. The Morgan fingerprint density at radius 1 is 0.850 bits per heavy atom. The van der Waals surface area contributed by atoms with Crippen molar-refractivity contribution in [3.8, 4) is 0 Å². The van der Waals surface area contributed by atoms with Crippen molar-refractivity contribution in [2.45, 2.75) is 26.8 Å². The number of hydrogen-bond acceptors (Lipinski definition) is 1. The predicted molar refractivity (Wildman–Crippen MR) is 77.9 cm³/mol. The molecule has 0 saturated heterocycles. The first-order valence-corrected chi connectivity index (χ1v) is 6.64. The zero-order valence-electron chi connectivity index (χ0n) is 12.2. The molecule has 0 aliphatic heterocycles. The molecular formula is C17H19F2N. The molecule has 0 aliphatic carbocycles. The molecular weight excluding hydrogens is 256 g/mol. The normalized spacial score (nSPS) is 12.5. The summed E-state index contributed by atoms with van der Waals surface area (Å²) in [4.78, 5) is 0. The fourth-order valence-electron chi connectivity index (χ4n) is 2.46. The highest BCUT2D eigenvalue weighted by Crippen LogP contribution is 2.26. The average Bonchev–Trinajstić information content (AvgIpc) is 2.41. The first-order valence-electron chi connectivity index (χ1n) is 6.64. The quantitative estimate of drug-likeness (QED) is 0.885. The summed E-state index contributed by atoms with van der Waals surface area (Å²) in [7, 11) is 1.82. The number of halogens is 2. The van der Waals surface area contributed by atoms with E-state index in [0.717, 1.165) is 11.1 Å². The van der Waals surface area contributed by atoms with E-state index in [-0.39, 0.29) is 17.7 Å². The summed E-state index contributed by atoms with van der Waals surface area (Å²) in [6, 6.07) is 8.65. The van der Waals surface area contributed by atoms with Crippen LogP contribution in [0.3, 0.4) is 0 Å². The van der Waals surface area contributed by atoms with Gasteiger partial charge in [0.15, 0.2) is 0 Å². The monoisotopic (exact) mass is 275 g/mol. The van der Waals surface area contributed by atoms with Crippen LogP contribution in [0, 0.1) is 32.4 Å². The molecule has 0 heterocycles. The van der Waals surface area contributed by atoms with Crippen molar-refractivity contribution in [3.05, 3.63) is 69.8 Å². The Morgan fingerprint density at radius 2 is 1.45 bits per heavy atom. The van der Waals surface area contributed by atoms with Gasteiger partial charge in [-0.2, -0.15) is 0 Å². The average molecular weight is 275 g/mol. The Balaban J connectivity index is 2.49. The molecule has 0 bridgehead atoms. The second-order valence-electron chi connectivity index (χ2n) is 5.20. The molecule has 2 aromatic carbocycles. The topological polar surface area (TPSA) is 12.0 Å². The molecule has 1 N–H and O–H groups in total. The summed E-state index contributed by atoms with van der Waals surface area (Å²) in [6.45, 7) is 5.22. The zero-order chi connectivity index (χ0) is 14.9. The zero-order valence-corrected chi connectivity index (χ0v) is 12.2. The van der Waals surface area contributed by atoms with Gasteiger partial charge >= 0.3 is 0 Å². The van der Waals surface area contributed by atoms with Gasteiger partial charge in [-0.15, -0.1) is 0 Å². The van der Waals surface area contributed by atoms with Crippen LogP contribution < -0.4 is 5.32 Å². The highest BCUT2D eigenvalue weighted by Gasteiger charge is 2.15. The highest BCUT2D eigenvalue weighted by atomic mass is 19.1. The maximum absolute atomic E-state index is 13.7. The van der Waals surface area contributed by atoms with Crippen molar-refractivity contribution >= 4 is 0 Å². The molecule has 0 fully saturated rings. The first kappa shape index (κ1) is 14.7. The lowest BCUT2D eigenvalue weighted by atomic mass is 9.94. The second-order valence-corrected chi connectivity index (χ2v) is 5.20. The molecule has 0 radical (unpaired) electrons. The van der Waals surface area contributed by atoms with Crippen molar-refractivity contribution in [1.29, 1.82) is 0 Å². The fourth-order valence-corrected chi connectivity index (χ4v) is 2.46. The maximum Gasteiger partial charge on any atom is 0.129 e. The van der Waals surface area contributed by atoms with Crippen molar-refractivity contribution in [3.63, 3.8) is 0 Å². The van der Waals surface area contributed by atoms with Gasteiger partial charge in [0, 0.05) is 0 Å². The SMILES string of the molecule is CNC(c1cc(C)c(F)c(C)c1)c1ccc(C)c(F)c1. The highest BCUT2D eigenvalue weighted by molar-refractivity contribution is 5.38. The number of benzene rings is 2. The van der Waals surface area contributed by atoms with E-state index in [2.05, 4.69) is 5.32 Å². The van der Waals surface area contributed by atoms with E-state index in [1.807, 2.05) is 13.1 Å². The molecule has 0 aliphatic rings. The Kier molecular flexibility index (Phi) is 4.19. The van der Waals surface area contributed by atoms with Gasteiger partial charge in [0.2, 0.25) is 0 Å². The molecule has 20 heavy (non-hydrogen) atoms. The van der Waals surface area contributed by atoms with Crippen LogP contribution in [0.2, 0.25) is 0 Å². The molecule has 1 nitrogen and oxygen atoms in total. The lowest BCUT2D eigenvalue weighted by molar-refractivity contribution is 0.599. The van der Waals surface area contributed by atoms with Gasteiger partial charge < -0.3 is 5.32 Å². The summed E-state index contributed by atoms with van der Waals surface area (Å²) >= 11 is 0. The van der Waals surface area contributed by atoms with E-state index in [4.69, 9.17) is 0 Å². The molecule has 0 amide bonds. The number of nitrogens with one attached hydrogen (secondary N) is 1. The summed E-state index contributed by atoms with van der Waals surface area (Å²) < 4.78 is 27.4. The molecule has 1 atom stereocenters. The van der Waals surface area contributed by atoms with Crippen molar-refractivity contribution < 1.29 is 8.78 Å². The van der Waals surface area contributed by atoms with Gasteiger partial charge in [0.05, 0.1) is 6.04 Å². The van der Waals surface area contributed by atoms with Gasteiger partial charge in [0.25, 0.3) is 0 Å². The van der Waals surface area contributed by atoms with Gasteiger partial charge in [-0.05, 0) is 61.7 Å². The van der Waals surface area contributed by atoms with Gasteiger partial charge in [0.1, 0.15) is 11.6 Å². The van der Waals surface area contributed by atoms with Gasteiger partial charge in [-0.25, -0.2) is 8.78 Å². The second kappa shape index (κ2) is 5.71. The van der Waals surface area contributed by atoms with Crippen molar-refractivity contribution in [2.75, 3.05) is 7.05 Å². The van der Waals surface area contributed by atoms with E-state index in [1.165, 1.54) is 6.07 Å². The number of hydrogen-bond donors (Lipinski definition) is 1. The van der Waals surface area contributed by atoms with Crippen LogP contribution in [-0.4, -0.2) is 7.05 Å². The molecule has 0 spiro atoms. The van der Waals surface area contributed by atoms with E-state index in [9.17, 15) is 8.78 Å². The summed E-state index contributed by atoms with van der Waals surface area (Å²) in [5.41, 5.74) is 3.60. The molecule has 3 heteroatoms. The Morgan fingerprint density at radius 3 is 1.95 bits per heavy atom. The van der Waals surface area contributed by atoms with Crippen LogP contribution in [0.15, 0.2) is 30.3 Å². The Bertz CT molecular complexity index is 612.